The molecule has 0 radical (unpaired) electrons. The molecule has 1 aliphatic rings. The highest BCUT2D eigenvalue weighted by atomic mass is 32.2. The smallest absolute Gasteiger partial charge is 0.328 e. The molecule has 8 nitrogen and oxygen atoms in total. The lowest BCUT2D eigenvalue weighted by Crippen LogP contribution is -2.16. The van der Waals surface area contributed by atoms with Crippen molar-refractivity contribution in [2.75, 3.05) is 35.8 Å². The van der Waals surface area contributed by atoms with Crippen LogP contribution in [0.25, 0.3) is 6.08 Å². The Labute approximate surface area is 154 Å². The minimum absolute atomic E-state index is 0.164. The zero-order valence-electron chi connectivity index (χ0n) is 14.0. The van der Waals surface area contributed by atoms with Gasteiger partial charge in [0.1, 0.15) is 9.90 Å². The van der Waals surface area contributed by atoms with E-state index in [1.807, 2.05) is 11.9 Å². The zero-order chi connectivity index (χ0) is 18.9. The molecule has 0 bridgehead atoms. The minimum Gasteiger partial charge on any atom is -0.494 e. The number of thiophene rings is 1. The fourth-order valence-electron chi connectivity index (χ4n) is 2.64. The molecule has 0 atom stereocenters. The topological polar surface area (TPSA) is 108 Å². The molecule has 0 amide bonds. The van der Waals surface area contributed by atoms with Gasteiger partial charge in [0, 0.05) is 18.7 Å². The largest absolute Gasteiger partial charge is 0.494 e. The summed E-state index contributed by atoms with van der Waals surface area (Å²) in [5.41, 5.74) is 2.00. The molecule has 0 fully saturated rings. The lowest BCUT2D eigenvalue weighted by atomic mass is 10.1. The predicted octanol–water partition coefficient (Wildman–Crippen LogP) is 2.47. The first-order valence-corrected chi connectivity index (χ1v) is 9.87. The zero-order valence-corrected chi connectivity index (χ0v) is 15.6. The first-order valence-electron chi connectivity index (χ1n) is 7.51. The van der Waals surface area contributed by atoms with Crippen LogP contribution in [0.2, 0.25) is 0 Å². The number of hydrogen-bond donors (Lipinski definition) is 3. The molecule has 0 aliphatic carbocycles. The lowest BCUT2D eigenvalue weighted by molar-refractivity contribution is -0.131. The third-order valence-corrected chi connectivity index (χ3v) is 6.57. The number of anilines is 3. The van der Waals surface area contributed by atoms with Gasteiger partial charge in [-0.1, -0.05) is 6.07 Å². The number of carbonyl (C=O) groups is 1. The number of carboxylic acid groups (broad SMARTS) is 1. The number of hydrogen-bond acceptors (Lipinski definition) is 7. The van der Waals surface area contributed by atoms with E-state index in [1.165, 1.54) is 19.3 Å². The molecule has 0 unspecified atom stereocenters. The molecule has 1 aliphatic heterocycles. The quantitative estimate of drug-likeness (QED) is 0.645. The highest BCUT2D eigenvalue weighted by Gasteiger charge is 2.26. The molecule has 0 saturated heterocycles. The van der Waals surface area contributed by atoms with Crippen LogP contribution < -0.4 is 19.7 Å². The van der Waals surface area contributed by atoms with E-state index in [0.29, 0.717) is 23.7 Å². The first-order chi connectivity index (χ1) is 12.3. The van der Waals surface area contributed by atoms with Gasteiger partial charge in [0.15, 0.2) is 5.75 Å². The second-order valence-corrected chi connectivity index (χ2v) is 8.36. The molecular weight excluding hydrogens is 378 g/mol. The van der Waals surface area contributed by atoms with Gasteiger partial charge in [-0.2, -0.15) is 0 Å². The number of carboxylic acids is 1. The molecule has 2 aromatic rings. The maximum absolute atomic E-state index is 12.6. The summed E-state index contributed by atoms with van der Waals surface area (Å²) in [6, 6.07) is 4.80. The van der Waals surface area contributed by atoms with Gasteiger partial charge >= 0.3 is 5.97 Å². The summed E-state index contributed by atoms with van der Waals surface area (Å²) in [5, 5.41) is 13.8. The number of fused-ring (bicyclic) bond motifs is 1. The third kappa shape index (κ3) is 3.33. The summed E-state index contributed by atoms with van der Waals surface area (Å²) < 4.78 is 33.4. The molecule has 1 aromatic carbocycles. The van der Waals surface area contributed by atoms with Crippen molar-refractivity contribution in [3.63, 3.8) is 0 Å². The number of ether oxygens (including phenoxy) is 1. The fraction of sp³-hybridized carbons (Fsp3) is 0.188. The maximum Gasteiger partial charge on any atom is 0.328 e. The Kier molecular flexibility index (Phi) is 4.79. The molecule has 1 aromatic heterocycles. The second kappa shape index (κ2) is 6.89. The molecule has 10 heteroatoms. The van der Waals surface area contributed by atoms with Gasteiger partial charge in [-0.05, 0) is 23.6 Å². The lowest BCUT2D eigenvalue weighted by Gasteiger charge is -2.18. The maximum atomic E-state index is 12.6. The summed E-state index contributed by atoms with van der Waals surface area (Å²) in [7, 11) is -0.499. The standard InChI is InChI=1S/C16H17N3O5S2/c1-19-9-17-15-12(19)8-11(10(16(15)24-2)5-6-13(20)21)18-26(22,23)14-4-3-7-25-14/h3-8,17-18H,9H2,1-2H3,(H,20,21). The normalized spacial score (nSPS) is 13.5. The molecular formula is C16H17N3O5S2. The Balaban J connectivity index is 2.16. The predicted molar refractivity (Wildman–Crippen MR) is 102 cm³/mol. The van der Waals surface area contributed by atoms with Crippen LogP contribution in [0.15, 0.2) is 33.9 Å². The van der Waals surface area contributed by atoms with Crippen molar-refractivity contribution in [1.29, 1.82) is 0 Å². The Bertz CT molecular complexity index is 968. The van der Waals surface area contributed by atoms with E-state index in [4.69, 9.17) is 9.84 Å². The van der Waals surface area contributed by atoms with Gasteiger partial charge in [-0.15, -0.1) is 11.3 Å². The Morgan fingerprint density at radius 2 is 2.27 bits per heavy atom. The van der Waals surface area contributed by atoms with Crippen molar-refractivity contribution in [1.82, 2.24) is 0 Å². The average molecular weight is 395 g/mol. The number of methoxy groups -OCH3 is 1. The number of benzene rings is 1. The number of rotatable bonds is 6. The Morgan fingerprint density at radius 1 is 1.50 bits per heavy atom. The van der Waals surface area contributed by atoms with Crippen molar-refractivity contribution in [2.45, 2.75) is 4.21 Å². The van der Waals surface area contributed by atoms with Crippen LogP contribution in [0.1, 0.15) is 5.56 Å². The van der Waals surface area contributed by atoms with Crippen LogP contribution in [-0.2, 0) is 14.8 Å². The highest BCUT2D eigenvalue weighted by molar-refractivity contribution is 7.94. The molecule has 3 N–H and O–H groups in total. The summed E-state index contributed by atoms with van der Waals surface area (Å²) >= 11 is 1.09. The van der Waals surface area contributed by atoms with Crippen LogP contribution in [0.3, 0.4) is 0 Å². The molecule has 0 saturated carbocycles. The van der Waals surface area contributed by atoms with Crippen LogP contribution in [0.4, 0.5) is 17.1 Å². The van der Waals surface area contributed by atoms with Crippen LogP contribution in [-0.4, -0.2) is 40.3 Å². The van der Waals surface area contributed by atoms with E-state index >= 15 is 0 Å². The van der Waals surface area contributed by atoms with Gasteiger partial charge in [0.2, 0.25) is 0 Å². The number of sulfonamides is 1. The number of nitrogens with one attached hydrogen (secondary N) is 2. The van der Waals surface area contributed by atoms with E-state index in [1.54, 1.807) is 17.5 Å². The molecule has 0 spiro atoms. The van der Waals surface area contributed by atoms with Crippen LogP contribution in [0, 0.1) is 0 Å². The summed E-state index contributed by atoms with van der Waals surface area (Å²) in [6.45, 7) is 0.523. The SMILES string of the molecule is COc1c(C=CC(=O)O)c(NS(=O)(=O)c2cccs2)cc2c1NCN2C. The van der Waals surface area contributed by atoms with Gasteiger partial charge in [-0.25, -0.2) is 13.2 Å². The van der Waals surface area contributed by atoms with Crippen LogP contribution >= 0.6 is 11.3 Å². The number of aliphatic carboxylic acids is 1. The van der Waals surface area contributed by atoms with Gasteiger partial charge in [-0.3, -0.25) is 4.72 Å². The summed E-state index contributed by atoms with van der Waals surface area (Å²) in [4.78, 5) is 12.8. The first kappa shape index (κ1) is 18.1. The van der Waals surface area contributed by atoms with E-state index in [2.05, 4.69) is 10.0 Å². The van der Waals surface area contributed by atoms with Crippen molar-refractivity contribution in [3.8, 4) is 5.75 Å². The highest BCUT2D eigenvalue weighted by Crippen LogP contribution is 2.46. The fourth-order valence-corrected chi connectivity index (χ4v) is 4.71. The number of nitrogens with zero attached hydrogens (tertiary/aromatic N) is 1. The second-order valence-electron chi connectivity index (χ2n) is 5.51. The summed E-state index contributed by atoms with van der Waals surface area (Å²) in [6.07, 6.45) is 2.25. The van der Waals surface area contributed by atoms with E-state index in [0.717, 1.165) is 23.1 Å². The molecule has 138 valence electrons. The van der Waals surface area contributed by atoms with Crippen molar-refractivity contribution >= 4 is 50.5 Å². The van der Waals surface area contributed by atoms with Crippen molar-refractivity contribution in [3.05, 3.63) is 35.2 Å². The molecule has 26 heavy (non-hydrogen) atoms. The van der Waals surface area contributed by atoms with Gasteiger partial charge in [0.25, 0.3) is 10.0 Å². The summed E-state index contributed by atoms with van der Waals surface area (Å²) in [5.74, 6) is -0.780. The van der Waals surface area contributed by atoms with Crippen molar-refractivity contribution < 1.29 is 23.1 Å². The Morgan fingerprint density at radius 3 is 2.88 bits per heavy atom. The van der Waals surface area contributed by atoms with Gasteiger partial charge < -0.3 is 20.1 Å². The Hall–Kier alpha value is -2.72. The van der Waals surface area contributed by atoms with E-state index in [9.17, 15) is 13.2 Å². The van der Waals surface area contributed by atoms with Crippen molar-refractivity contribution in [2.24, 2.45) is 0 Å². The van der Waals surface area contributed by atoms with E-state index < -0.39 is 16.0 Å². The van der Waals surface area contributed by atoms with E-state index in [-0.39, 0.29) is 9.90 Å². The minimum atomic E-state index is -3.80. The van der Waals surface area contributed by atoms with Gasteiger partial charge in [0.05, 0.1) is 25.2 Å². The molecule has 3 rings (SSSR count). The third-order valence-electron chi connectivity index (χ3n) is 3.80. The monoisotopic (exact) mass is 395 g/mol. The molecule has 2 heterocycles. The van der Waals surface area contributed by atoms with Crippen LogP contribution in [0.5, 0.6) is 5.75 Å². The average Bonchev–Trinajstić information content (AvgIpc) is 3.23.